The summed E-state index contributed by atoms with van der Waals surface area (Å²) in [6.45, 7) is 7.34. The number of aromatic nitrogens is 1. The number of halogens is 1. The van der Waals surface area contributed by atoms with Crippen molar-refractivity contribution in [3.8, 4) is 11.5 Å². The van der Waals surface area contributed by atoms with Crippen molar-refractivity contribution in [3.63, 3.8) is 0 Å². The number of anilines is 3. The summed E-state index contributed by atoms with van der Waals surface area (Å²) in [6, 6.07) is 11.3. The van der Waals surface area contributed by atoms with Crippen LogP contribution in [0.25, 0.3) is 0 Å². The van der Waals surface area contributed by atoms with E-state index in [0.29, 0.717) is 11.4 Å². The van der Waals surface area contributed by atoms with Crippen LogP contribution in [0.5, 0.6) is 11.5 Å². The van der Waals surface area contributed by atoms with Crippen LogP contribution in [-0.2, 0) is 18.2 Å². The van der Waals surface area contributed by atoms with Crippen molar-refractivity contribution in [2.45, 2.75) is 46.6 Å². The fourth-order valence-corrected chi connectivity index (χ4v) is 4.07. The number of aryl methyl sites for hydroxylation is 1. The summed E-state index contributed by atoms with van der Waals surface area (Å²) >= 11 is -1.50. The summed E-state index contributed by atoms with van der Waals surface area (Å²) in [4.78, 5) is 26.6. The smallest absolute Gasteiger partial charge is 0.259 e. The van der Waals surface area contributed by atoms with Gasteiger partial charge in [-0.2, -0.15) is 0 Å². The second-order valence-corrected chi connectivity index (χ2v) is 9.75. The Morgan fingerprint density at radius 1 is 1.13 bits per heavy atom. The average molecular weight is 544 g/mol. The Labute approximate surface area is 224 Å². The monoisotopic (exact) mass is 543 g/mol. The van der Waals surface area contributed by atoms with E-state index in [-0.39, 0.29) is 34.4 Å². The zero-order chi connectivity index (χ0) is 28.0. The van der Waals surface area contributed by atoms with Gasteiger partial charge in [0.15, 0.2) is 16.9 Å². The van der Waals surface area contributed by atoms with E-state index in [1.54, 1.807) is 57.3 Å². The van der Waals surface area contributed by atoms with Gasteiger partial charge in [-0.05, 0) is 63.6 Å². The molecule has 9 nitrogen and oxygen atoms in total. The van der Waals surface area contributed by atoms with Crippen molar-refractivity contribution >= 4 is 34.3 Å². The van der Waals surface area contributed by atoms with Gasteiger partial charge in [0.05, 0.1) is 16.9 Å². The van der Waals surface area contributed by atoms with Gasteiger partial charge in [-0.3, -0.25) is 18.9 Å². The van der Waals surface area contributed by atoms with Crippen LogP contribution in [0, 0.1) is 19.7 Å². The first kappa shape index (κ1) is 28.9. The van der Waals surface area contributed by atoms with Crippen LogP contribution in [0.15, 0.2) is 47.3 Å². The van der Waals surface area contributed by atoms with E-state index in [0.717, 1.165) is 18.4 Å². The van der Waals surface area contributed by atoms with Crippen LogP contribution < -0.4 is 30.4 Å². The molecule has 3 aromatic rings. The van der Waals surface area contributed by atoms with Crippen molar-refractivity contribution < 1.29 is 18.1 Å². The van der Waals surface area contributed by atoms with Crippen molar-refractivity contribution in [1.82, 2.24) is 14.6 Å². The van der Waals surface area contributed by atoms with Gasteiger partial charge in [0.2, 0.25) is 0 Å². The highest BCUT2D eigenvalue weighted by Crippen LogP contribution is 2.35. The number of nitrogens with one attached hydrogen (secondary N) is 4. The second-order valence-electron chi connectivity index (χ2n) is 8.60. The number of carbonyl (C=O) groups is 1. The van der Waals surface area contributed by atoms with Crippen LogP contribution in [0.3, 0.4) is 0 Å². The topological polar surface area (TPSA) is 113 Å². The van der Waals surface area contributed by atoms with Gasteiger partial charge in [-0.25, -0.2) is 13.3 Å². The molecule has 1 amide bonds. The van der Waals surface area contributed by atoms with E-state index >= 15 is 0 Å². The maximum atomic E-state index is 14.7. The first-order chi connectivity index (χ1) is 18.2. The minimum Gasteiger partial charge on any atom is -0.456 e. The Bertz CT molecular complexity index is 1400. The Balaban J connectivity index is 0.00000195. The standard InChI is InChI=1S/C25H28FN5O4S.C2H6/c1-14-8-11-20(19(26)12-14)29-23-21(24(32)28-16-9-10-16)22(15(2)25(33)31(23)4)35-18-7-5-6-17(13-18)30-36(34)27-3;1-2/h5-8,11-13,16,27,29-30H,9-10H2,1-4H3,(H,28,32);1-2H3. The zero-order valence-corrected chi connectivity index (χ0v) is 23.2. The summed E-state index contributed by atoms with van der Waals surface area (Å²) in [5.41, 5.74) is 1.24. The van der Waals surface area contributed by atoms with Crippen LogP contribution in [0.4, 0.5) is 21.6 Å². The minimum absolute atomic E-state index is 0.0379. The summed E-state index contributed by atoms with van der Waals surface area (Å²) < 4.78 is 39.3. The predicted molar refractivity (Wildman–Crippen MR) is 150 cm³/mol. The summed E-state index contributed by atoms with van der Waals surface area (Å²) in [6.07, 6.45) is 1.72. The van der Waals surface area contributed by atoms with Crippen molar-refractivity contribution in [3.05, 3.63) is 75.3 Å². The zero-order valence-electron chi connectivity index (χ0n) is 22.4. The minimum atomic E-state index is -1.50. The number of amides is 1. The first-order valence-electron chi connectivity index (χ1n) is 12.4. The number of hydrogen-bond donors (Lipinski definition) is 4. The number of rotatable bonds is 9. The van der Waals surface area contributed by atoms with Crippen LogP contribution in [0.2, 0.25) is 0 Å². The van der Waals surface area contributed by atoms with Gasteiger partial charge in [0.1, 0.15) is 22.9 Å². The molecule has 4 rings (SSSR count). The summed E-state index contributed by atoms with van der Waals surface area (Å²) in [5, 5.41) is 5.87. The van der Waals surface area contributed by atoms with E-state index in [9.17, 15) is 18.2 Å². The number of benzene rings is 2. The van der Waals surface area contributed by atoms with Crippen LogP contribution in [0.1, 0.15) is 48.2 Å². The third-order valence-electron chi connectivity index (χ3n) is 5.73. The molecule has 11 heteroatoms. The molecule has 1 aromatic heterocycles. The lowest BCUT2D eigenvalue weighted by molar-refractivity contribution is 0.0948. The molecule has 1 unspecified atom stereocenters. The summed E-state index contributed by atoms with van der Waals surface area (Å²) in [7, 11) is 3.06. The maximum absolute atomic E-state index is 14.7. The highest BCUT2D eigenvalue weighted by atomic mass is 32.2. The van der Waals surface area contributed by atoms with Crippen molar-refractivity contribution in [1.29, 1.82) is 0 Å². The summed E-state index contributed by atoms with van der Waals surface area (Å²) in [5.74, 6) is -0.482. The van der Waals surface area contributed by atoms with Gasteiger partial charge in [0.25, 0.3) is 11.5 Å². The Kier molecular flexibility index (Phi) is 9.65. The molecule has 0 saturated heterocycles. The highest BCUT2D eigenvalue weighted by Gasteiger charge is 2.30. The fourth-order valence-electron chi connectivity index (χ4n) is 3.63. The van der Waals surface area contributed by atoms with E-state index in [1.807, 2.05) is 13.8 Å². The Morgan fingerprint density at radius 2 is 1.84 bits per heavy atom. The maximum Gasteiger partial charge on any atom is 0.259 e. The number of ether oxygens (including phenoxy) is 1. The van der Waals surface area contributed by atoms with Gasteiger partial charge < -0.3 is 15.4 Å². The Hall–Kier alpha value is -3.70. The molecule has 0 bridgehead atoms. The van der Waals surface area contributed by atoms with Gasteiger partial charge in [-0.1, -0.05) is 26.0 Å². The molecule has 1 saturated carbocycles. The normalized spacial score (nSPS) is 13.1. The number of carbonyl (C=O) groups excluding carboxylic acids is 1. The predicted octanol–water partition coefficient (Wildman–Crippen LogP) is 4.81. The lowest BCUT2D eigenvalue weighted by Gasteiger charge is -2.21. The number of pyridine rings is 1. The van der Waals surface area contributed by atoms with Gasteiger partial charge in [-0.15, -0.1) is 0 Å². The average Bonchev–Trinajstić information content (AvgIpc) is 3.72. The third kappa shape index (κ3) is 6.78. The molecular weight excluding hydrogens is 509 g/mol. The molecule has 1 aliphatic rings. The molecular formula is C27H34FN5O4S. The molecule has 1 atom stereocenters. The molecule has 204 valence electrons. The van der Waals surface area contributed by atoms with Crippen LogP contribution >= 0.6 is 0 Å². The molecule has 38 heavy (non-hydrogen) atoms. The van der Waals surface area contributed by atoms with E-state index in [4.69, 9.17) is 4.74 Å². The fraction of sp³-hybridized carbons (Fsp3) is 0.333. The second kappa shape index (κ2) is 12.7. The van der Waals surface area contributed by atoms with E-state index < -0.39 is 28.5 Å². The molecule has 1 fully saturated rings. The molecule has 2 aromatic carbocycles. The number of nitrogens with zero attached hydrogens (tertiary/aromatic N) is 1. The van der Waals surface area contributed by atoms with Gasteiger partial charge in [0, 0.05) is 19.2 Å². The molecule has 1 heterocycles. The molecule has 4 N–H and O–H groups in total. The van der Waals surface area contributed by atoms with Gasteiger partial charge >= 0.3 is 0 Å². The molecule has 0 spiro atoms. The van der Waals surface area contributed by atoms with E-state index in [1.165, 1.54) is 17.7 Å². The lowest BCUT2D eigenvalue weighted by Crippen LogP contribution is -2.31. The SMILES string of the molecule is CC.CNS(=O)Nc1cccc(Oc2c(C(=O)NC3CC3)c(Nc3ccc(C)cc3F)n(C)c(=O)c2C)c1. The molecule has 0 radical (unpaired) electrons. The lowest BCUT2D eigenvalue weighted by atomic mass is 10.1. The highest BCUT2D eigenvalue weighted by molar-refractivity contribution is 7.84. The third-order valence-corrected chi connectivity index (χ3v) is 6.52. The first-order valence-corrected chi connectivity index (χ1v) is 13.5. The van der Waals surface area contributed by atoms with Crippen molar-refractivity contribution in [2.24, 2.45) is 7.05 Å². The Morgan fingerprint density at radius 3 is 2.47 bits per heavy atom. The largest absolute Gasteiger partial charge is 0.456 e. The van der Waals surface area contributed by atoms with E-state index in [2.05, 4.69) is 20.1 Å². The quantitative estimate of drug-likeness (QED) is 0.310. The molecule has 1 aliphatic carbocycles. The molecule has 0 aliphatic heterocycles. The number of hydrogen-bond acceptors (Lipinski definition) is 5. The van der Waals surface area contributed by atoms with Crippen molar-refractivity contribution in [2.75, 3.05) is 17.1 Å². The van der Waals surface area contributed by atoms with Crippen LogP contribution in [-0.4, -0.2) is 27.8 Å².